The molecular weight excluding hydrogens is 408 g/mol. The van der Waals surface area contributed by atoms with Gasteiger partial charge in [-0.2, -0.15) is 4.31 Å². The fourth-order valence-electron chi connectivity index (χ4n) is 3.12. The van der Waals surface area contributed by atoms with E-state index in [9.17, 15) is 22.8 Å². The molecule has 0 aromatic heterocycles. The van der Waals surface area contributed by atoms with Gasteiger partial charge in [0.2, 0.25) is 10.0 Å². The van der Waals surface area contributed by atoms with Crippen LogP contribution in [0.15, 0.2) is 40.3 Å². The van der Waals surface area contributed by atoms with Crippen molar-refractivity contribution in [1.82, 2.24) is 9.79 Å². The van der Waals surface area contributed by atoms with Gasteiger partial charge in [-0.25, -0.2) is 23.5 Å². The highest BCUT2D eigenvalue weighted by molar-refractivity contribution is 7.89. The molecule has 0 saturated carbocycles. The number of carbonyl (C=O) groups excluding carboxylic acids is 3. The maximum Gasteiger partial charge on any atom is 0.348 e. The number of nitrogens with zero attached hydrogens (tertiary/aromatic N) is 1. The molecule has 12 heteroatoms. The average molecular weight is 428 g/mol. The third-order valence-corrected chi connectivity index (χ3v) is 6.28. The third-order valence-electron chi connectivity index (χ3n) is 4.42. The first-order chi connectivity index (χ1) is 14.0. The van der Waals surface area contributed by atoms with Crippen molar-refractivity contribution in [2.75, 3.05) is 6.54 Å². The van der Waals surface area contributed by atoms with Gasteiger partial charge in [0.1, 0.15) is 17.4 Å². The lowest BCUT2D eigenvalue weighted by molar-refractivity contribution is -0.222. The van der Waals surface area contributed by atoms with Crippen LogP contribution < -0.4 is 5.48 Å². The number of esters is 2. The summed E-state index contributed by atoms with van der Waals surface area (Å²) in [6.45, 7) is 2.25. The number of hydroxylamine groups is 1. The predicted octanol–water partition coefficient (Wildman–Crippen LogP) is -0.207. The van der Waals surface area contributed by atoms with Crippen LogP contribution in [0.2, 0.25) is 0 Å². The second-order valence-electron chi connectivity index (χ2n) is 6.88. The van der Waals surface area contributed by atoms with Gasteiger partial charge in [-0.3, -0.25) is 10.0 Å². The largest absolute Gasteiger partial charge is 0.508 e. The van der Waals surface area contributed by atoms with Crippen LogP contribution in [0.25, 0.3) is 0 Å². The number of rotatable bonds is 4. The van der Waals surface area contributed by atoms with Gasteiger partial charge in [0.25, 0.3) is 13.1 Å². The molecular formula is C17H18N2O9S. The van der Waals surface area contributed by atoms with Gasteiger partial charge in [-0.15, -0.1) is 0 Å². The summed E-state index contributed by atoms with van der Waals surface area (Å²) in [7, 11) is -4.29. The minimum absolute atomic E-state index is 0.0174. The summed E-state index contributed by atoms with van der Waals surface area (Å²) < 4.78 is 43.8. The fourth-order valence-corrected chi connectivity index (χ4v) is 4.70. The quantitative estimate of drug-likeness (QED) is 0.194. The minimum atomic E-state index is -4.29. The van der Waals surface area contributed by atoms with Crippen LogP contribution >= 0.6 is 0 Å². The first kappa shape index (κ1) is 19.4. The van der Waals surface area contributed by atoms with E-state index in [0.29, 0.717) is 0 Å². The van der Waals surface area contributed by atoms with Crippen molar-refractivity contribution in [3.63, 3.8) is 0 Å². The van der Waals surface area contributed by atoms with Crippen molar-refractivity contribution in [1.29, 1.82) is 1.43 Å². The number of hydrogen-bond donors (Lipinski definition) is 3. The highest BCUT2D eigenvalue weighted by Crippen LogP contribution is 2.34. The summed E-state index contributed by atoms with van der Waals surface area (Å²) in [5, 5.41) is 13.3. The normalized spacial score (nSPS) is 22.6. The Labute approximate surface area is 167 Å². The second-order valence-corrected chi connectivity index (χ2v) is 8.77. The summed E-state index contributed by atoms with van der Waals surface area (Å²) in [5.41, 5.74) is 0.925. The van der Waals surface area contributed by atoms with E-state index in [1.165, 1.54) is 43.6 Å². The number of sulfonamides is 1. The zero-order chi connectivity index (χ0) is 22.3. The maximum absolute atomic E-state index is 13.1. The van der Waals surface area contributed by atoms with Gasteiger partial charge in [0.15, 0.2) is 0 Å². The van der Waals surface area contributed by atoms with Crippen molar-refractivity contribution in [2.24, 2.45) is 0 Å². The Morgan fingerprint density at radius 2 is 1.83 bits per heavy atom. The second kappa shape index (κ2) is 7.13. The standard InChI is InChI=1S/C17H18N2O9S/c1-17(2)27-15(22)13(16(23)28-17)9-7-12(14(21)18-24)19(8-9)29(25,26)11-5-3-10(20)4-6-11/h3-6,12,20,24H,7-8H2,1-2H3,(H,18,21)/t12-/m1/s1/i/hT. The molecule has 11 nitrogen and oxygen atoms in total. The molecule has 1 amide bonds. The maximum atomic E-state index is 13.1. The molecule has 0 bridgehead atoms. The molecule has 156 valence electrons. The number of hydrogen-bond acceptors (Lipinski definition) is 9. The van der Waals surface area contributed by atoms with Gasteiger partial charge < -0.3 is 14.6 Å². The molecule has 3 rings (SSSR count). The molecule has 0 radical (unpaired) electrons. The summed E-state index contributed by atoms with van der Waals surface area (Å²) in [6, 6.07) is 3.40. The molecule has 29 heavy (non-hydrogen) atoms. The molecule has 1 aromatic carbocycles. The number of amides is 1. The number of benzene rings is 1. The van der Waals surface area contributed by atoms with Crippen LogP contribution in [0, 0.1) is 0 Å². The number of phenols is 1. The Morgan fingerprint density at radius 1 is 1.24 bits per heavy atom. The molecule has 2 saturated heterocycles. The van der Waals surface area contributed by atoms with Crippen LogP contribution in [-0.2, 0) is 33.9 Å². The number of carbonyl (C=O) groups is 3. The first-order valence-electron chi connectivity index (χ1n) is 8.78. The smallest absolute Gasteiger partial charge is 0.348 e. The van der Waals surface area contributed by atoms with E-state index in [-0.39, 0.29) is 22.6 Å². The molecule has 3 N–H and O–H groups in total. The van der Waals surface area contributed by atoms with E-state index < -0.39 is 51.8 Å². The van der Waals surface area contributed by atoms with Gasteiger partial charge in [0, 0.05) is 20.4 Å². The highest BCUT2D eigenvalue weighted by Gasteiger charge is 2.47. The topological polar surface area (TPSA) is 160 Å². The minimum Gasteiger partial charge on any atom is -0.508 e. The van der Waals surface area contributed by atoms with Crippen LogP contribution in [-0.4, -0.2) is 60.7 Å². The van der Waals surface area contributed by atoms with E-state index in [1.54, 1.807) is 0 Å². The van der Waals surface area contributed by atoms with Gasteiger partial charge in [-0.05, 0) is 36.3 Å². The van der Waals surface area contributed by atoms with Crippen LogP contribution in [0.1, 0.15) is 20.3 Å². The molecule has 0 spiro atoms. The van der Waals surface area contributed by atoms with Crippen LogP contribution in [0.3, 0.4) is 0 Å². The Bertz CT molecular complexity index is 1010. The van der Waals surface area contributed by atoms with Crippen LogP contribution in [0.5, 0.6) is 5.75 Å². The summed E-state index contributed by atoms with van der Waals surface area (Å²) in [6.07, 6.45) is -0.334. The Balaban J connectivity index is 2.02. The molecule has 2 aliphatic rings. The molecule has 1 aromatic rings. The fraction of sp³-hybridized carbons (Fsp3) is 0.353. The number of cyclic esters (lactones) is 2. The lowest BCUT2D eigenvalue weighted by Crippen LogP contribution is -2.45. The van der Waals surface area contributed by atoms with Crippen molar-refractivity contribution in [3.8, 4) is 5.75 Å². The van der Waals surface area contributed by atoms with Crippen molar-refractivity contribution < 1.29 is 42.6 Å². The van der Waals surface area contributed by atoms with Crippen LogP contribution in [0.4, 0.5) is 0 Å². The van der Waals surface area contributed by atoms with E-state index in [4.69, 9.17) is 16.1 Å². The third kappa shape index (κ3) is 3.81. The number of nitrogens with one attached hydrogen (secondary N) is 1. The monoisotopic (exact) mass is 428 g/mol. The number of ether oxygens (including phenoxy) is 2. The summed E-state index contributed by atoms with van der Waals surface area (Å²) in [4.78, 5) is 36.5. The Morgan fingerprint density at radius 3 is 2.34 bits per heavy atom. The van der Waals surface area contributed by atoms with E-state index in [1.807, 2.05) is 0 Å². The lowest BCUT2D eigenvalue weighted by atomic mass is 10.0. The van der Waals surface area contributed by atoms with Crippen molar-refractivity contribution in [2.45, 2.75) is 37.0 Å². The zero-order valence-corrected chi connectivity index (χ0v) is 16.2. The molecule has 2 fully saturated rings. The predicted molar refractivity (Wildman–Crippen MR) is 93.6 cm³/mol. The van der Waals surface area contributed by atoms with Gasteiger partial charge in [-0.1, -0.05) is 0 Å². The lowest BCUT2D eigenvalue weighted by Gasteiger charge is -2.30. The molecule has 0 unspecified atom stereocenters. The van der Waals surface area contributed by atoms with Gasteiger partial charge in [0.05, 0.1) is 4.90 Å². The van der Waals surface area contributed by atoms with E-state index in [2.05, 4.69) is 5.11 Å². The van der Waals surface area contributed by atoms with E-state index >= 15 is 0 Å². The molecule has 2 aliphatic heterocycles. The Kier molecular flexibility index (Phi) is 4.76. The van der Waals surface area contributed by atoms with Gasteiger partial charge >= 0.3 is 11.9 Å². The van der Waals surface area contributed by atoms with E-state index in [0.717, 1.165) is 4.31 Å². The summed E-state index contributed by atoms with van der Waals surface area (Å²) in [5.74, 6) is -4.42. The summed E-state index contributed by atoms with van der Waals surface area (Å²) >= 11 is 0. The van der Waals surface area contributed by atoms with Crippen molar-refractivity contribution >= 4 is 27.9 Å². The molecule has 1 atom stereocenters. The SMILES string of the molecule is [3H]Oc1ccc(S(=O)(=O)N2CC(=C3C(=O)OC(C)(C)OC3=O)C[C@@H]2C(=O)NO)cc1. The number of aromatic hydroxyl groups is 1. The highest BCUT2D eigenvalue weighted by atomic mass is 32.2. The molecule has 0 aliphatic carbocycles. The first-order valence-corrected chi connectivity index (χ1v) is 9.82. The number of phenolic OH excluding ortho intramolecular Hbond substituents is 1. The average Bonchev–Trinajstić information content (AvgIpc) is 3.11. The van der Waals surface area contributed by atoms with Crippen molar-refractivity contribution in [3.05, 3.63) is 35.4 Å². The molecule has 2 heterocycles. The Hall–Kier alpha value is -2.96. The zero-order valence-electron chi connectivity index (χ0n) is 16.4.